The van der Waals surface area contributed by atoms with Crippen LogP contribution >= 0.6 is 0 Å². The van der Waals surface area contributed by atoms with E-state index in [1.54, 1.807) is 20.4 Å². The number of hydrogen-bond acceptors (Lipinski definition) is 7. The van der Waals surface area contributed by atoms with Crippen LogP contribution in [0.1, 0.15) is 12.0 Å². The molecule has 1 amide bonds. The number of likely N-dealkylation sites (tertiary alicyclic amines) is 1. The number of carboxylic acids is 1. The minimum absolute atomic E-state index is 0.0449. The number of hydrogen-bond donors (Lipinski definition) is 1. The SMILES string of the molecule is COCCN1CCO[C@H]2CN(Cc3cccnc3OC)CC[C@H]2C1=O.O=C(O)C(F)(F)F. The molecule has 1 aromatic heterocycles. The summed E-state index contributed by atoms with van der Waals surface area (Å²) in [6, 6.07) is 3.95. The number of fused-ring (bicyclic) bond motifs is 1. The second kappa shape index (κ2) is 12.0. The van der Waals surface area contributed by atoms with Crippen LogP contribution < -0.4 is 4.74 Å². The first-order valence-corrected chi connectivity index (χ1v) is 10.1. The average Bonchev–Trinajstić information content (AvgIpc) is 2.91. The van der Waals surface area contributed by atoms with E-state index in [2.05, 4.69) is 9.88 Å². The van der Waals surface area contributed by atoms with Crippen LogP contribution in [0.2, 0.25) is 0 Å². The molecule has 0 aromatic carbocycles. The lowest BCUT2D eigenvalue weighted by Gasteiger charge is -2.37. The molecule has 32 heavy (non-hydrogen) atoms. The van der Waals surface area contributed by atoms with Crippen LogP contribution in [0.5, 0.6) is 5.88 Å². The predicted molar refractivity (Wildman–Crippen MR) is 106 cm³/mol. The molecule has 180 valence electrons. The van der Waals surface area contributed by atoms with Crippen molar-refractivity contribution in [3.8, 4) is 5.88 Å². The van der Waals surface area contributed by atoms with Gasteiger partial charge in [-0.05, 0) is 19.0 Å². The van der Waals surface area contributed by atoms with Crippen molar-refractivity contribution in [2.75, 3.05) is 53.6 Å². The van der Waals surface area contributed by atoms with E-state index in [-0.39, 0.29) is 17.9 Å². The van der Waals surface area contributed by atoms with E-state index >= 15 is 0 Å². The number of rotatable bonds is 6. The molecule has 2 fully saturated rings. The number of aliphatic carboxylic acids is 1. The van der Waals surface area contributed by atoms with E-state index in [1.807, 2.05) is 17.0 Å². The molecule has 0 radical (unpaired) electrons. The van der Waals surface area contributed by atoms with Gasteiger partial charge in [-0.1, -0.05) is 6.07 Å². The maximum atomic E-state index is 12.8. The molecule has 1 aromatic rings. The number of pyridine rings is 1. The quantitative estimate of drug-likeness (QED) is 0.676. The molecule has 12 heteroatoms. The molecule has 1 N–H and O–H groups in total. The van der Waals surface area contributed by atoms with E-state index < -0.39 is 12.1 Å². The second-order valence-corrected chi connectivity index (χ2v) is 7.33. The lowest BCUT2D eigenvalue weighted by Crippen LogP contribution is -2.49. The Balaban J connectivity index is 0.000000451. The fraction of sp³-hybridized carbons (Fsp3) is 0.650. The number of carboxylic acid groups (broad SMARTS) is 1. The second-order valence-electron chi connectivity index (χ2n) is 7.33. The summed E-state index contributed by atoms with van der Waals surface area (Å²) in [6.07, 6.45) is -2.58. The number of methoxy groups -OCH3 is 2. The number of alkyl halides is 3. The van der Waals surface area contributed by atoms with Crippen molar-refractivity contribution >= 4 is 11.9 Å². The smallest absolute Gasteiger partial charge is 0.481 e. The van der Waals surface area contributed by atoms with Crippen molar-refractivity contribution in [3.05, 3.63) is 23.9 Å². The minimum Gasteiger partial charge on any atom is -0.481 e. The molecule has 2 atom stereocenters. The number of nitrogens with zero attached hydrogens (tertiary/aromatic N) is 3. The summed E-state index contributed by atoms with van der Waals surface area (Å²) in [7, 11) is 3.30. The van der Waals surface area contributed by atoms with Gasteiger partial charge in [0.2, 0.25) is 11.8 Å². The summed E-state index contributed by atoms with van der Waals surface area (Å²) in [6.45, 7) is 4.81. The van der Waals surface area contributed by atoms with Gasteiger partial charge in [0.15, 0.2) is 0 Å². The summed E-state index contributed by atoms with van der Waals surface area (Å²) in [4.78, 5) is 30.1. The first kappa shape index (κ1) is 25.8. The fourth-order valence-electron chi connectivity index (χ4n) is 3.63. The molecule has 3 rings (SSSR count). The molecule has 2 aliphatic rings. The Kier molecular flexibility index (Phi) is 9.66. The summed E-state index contributed by atoms with van der Waals surface area (Å²) in [5, 5.41) is 7.12. The van der Waals surface area contributed by atoms with Crippen molar-refractivity contribution in [2.24, 2.45) is 5.92 Å². The first-order chi connectivity index (χ1) is 15.2. The number of carbonyl (C=O) groups is 2. The molecule has 0 spiro atoms. The van der Waals surface area contributed by atoms with Crippen LogP contribution in [-0.4, -0.2) is 97.7 Å². The molecular formula is C20H28F3N3O6. The Morgan fingerprint density at radius 3 is 2.69 bits per heavy atom. The molecule has 9 nitrogen and oxygen atoms in total. The maximum Gasteiger partial charge on any atom is 0.490 e. The lowest BCUT2D eigenvalue weighted by atomic mass is 9.92. The Hall–Kier alpha value is -2.44. The highest BCUT2D eigenvalue weighted by molar-refractivity contribution is 5.80. The Bertz CT molecular complexity index is 764. The first-order valence-electron chi connectivity index (χ1n) is 10.1. The van der Waals surface area contributed by atoms with Gasteiger partial charge in [0.25, 0.3) is 0 Å². The Morgan fingerprint density at radius 2 is 2.06 bits per heavy atom. The predicted octanol–water partition coefficient (Wildman–Crippen LogP) is 1.42. The van der Waals surface area contributed by atoms with Crippen molar-refractivity contribution in [1.29, 1.82) is 0 Å². The summed E-state index contributed by atoms with van der Waals surface area (Å²) < 4.78 is 48.2. The number of ether oxygens (including phenoxy) is 3. The normalized spacial score (nSPS) is 21.8. The number of aromatic nitrogens is 1. The van der Waals surface area contributed by atoms with Gasteiger partial charge < -0.3 is 24.2 Å². The topological polar surface area (TPSA) is 101 Å². The summed E-state index contributed by atoms with van der Waals surface area (Å²) in [5.41, 5.74) is 1.06. The molecule has 0 bridgehead atoms. The molecule has 3 heterocycles. The van der Waals surface area contributed by atoms with Crippen LogP contribution in [0.3, 0.4) is 0 Å². The van der Waals surface area contributed by atoms with Crippen molar-refractivity contribution in [2.45, 2.75) is 25.2 Å². The number of halogens is 3. The van der Waals surface area contributed by atoms with Crippen LogP contribution in [-0.2, 0) is 25.6 Å². The highest BCUT2D eigenvalue weighted by Crippen LogP contribution is 2.27. The monoisotopic (exact) mass is 463 g/mol. The summed E-state index contributed by atoms with van der Waals surface area (Å²) >= 11 is 0. The van der Waals surface area contributed by atoms with Crippen molar-refractivity contribution < 1.29 is 42.1 Å². The van der Waals surface area contributed by atoms with Crippen LogP contribution in [0.25, 0.3) is 0 Å². The maximum absolute atomic E-state index is 12.8. The van der Waals surface area contributed by atoms with E-state index in [9.17, 15) is 18.0 Å². The third-order valence-electron chi connectivity index (χ3n) is 5.21. The van der Waals surface area contributed by atoms with Gasteiger partial charge in [0.1, 0.15) is 0 Å². The number of amides is 1. The van der Waals surface area contributed by atoms with Gasteiger partial charge in [0, 0.05) is 45.0 Å². The van der Waals surface area contributed by atoms with Gasteiger partial charge in [-0.15, -0.1) is 0 Å². The van der Waals surface area contributed by atoms with Gasteiger partial charge in [-0.2, -0.15) is 13.2 Å². The molecule has 2 saturated heterocycles. The third-order valence-corrected chi connectivity index (χ3v) is 5.21. The highest BCUT2D eigenvalue weighted by atomic mass is 19.4. The summed E-state index contributed by atoms with van der Waals surface area (Å²) in [5.74, 6) is -1.94. The van der Waals surface area contributed by atoms with Crippen molar-refractivity contribution in [1.82, 2.24) is 14.8 Å². The fourth-order valence-corrected chi connectivity index (χ4v) is 3.63. The standard InChI is InChI=1S/C18H27N3O4.C2HF3O2/c1-23-10-8-21-9-11-25-16-13-20(7-5-15(16)18(21)22)12-14-4-3-6-19-17(14)24-2;3-2(4,5)1(6)7/h3-4,6,15-16H,5,7-13H2,1-2H3;(H,6,7)/t15-,16+;/m1./s1. The zero-order chi connectivity index (χ0) is 23.7. The van der Waals surface area contributed by atoms with Gasteiger partial charge in [-0.25, -0.2) is 9.78 Å². The molecule has 0 unspecified atom stereocenters. The molecule has 0 aliphatic carbocycles. The zero-order valence-electron chi connectivity index (χ0n) is 18.0. The van der Waals surface area contributed by atoms with E-state index in [0.29, 0.717) is 32.2 Å². The molecule has 0 saturated carbocycles. The Morgan fingerprint density at radius 1 is 1.34 bits per heavy atom. The van der Waals surface area contributed by atoms with E-state index in [0.717, 1.165) is 31.6 Å². The van der Waals surface area contributed by atoms with Gasteiger partial charge >= 0.3 is 12.1 Å². The van der Waals surface area contributed by atoms with Crippen LogP contribution in [0.4, 0.5) is 13.2 Å². The minimum atomic E-state index is -5.08. The van der Waals surface area contributed by atoms with Crippen LogP contribution in [0, 0.1) is 5.92 Å². The molecule has 2 aliphatic heterocycles. The van der Waals surface area contributed by atoms with E-state index in [1.165, 1.54) is 0 Å². The van der Waals surface area contributed by atoms with Gasteiger partial charge in [-0.3, -0.25) is 9.69 Å². The Labute approximate surface area is 184 Å². The molecular weight excluding hydrogens is 435 g/mol. The van der Waals surface area contributed by atoms with Crippen LogP contribution in [0.15, 0.2) is 18.3 Å². The zero-order valence-corrected chi connectivity index (χ0v) is 18.0. The van der Waals surface area contributed by atoms with Gasteiger partial charge in [0.05, 0.1) is 32.3 Å². The largest absolute Gasteiger partial charge is 0.490 e. The number of carbonyl (C=O) groups excluding carboxylic acids is 1. The highest BCUT2D eigenvalue weighted by Gasteiger charge is 2.39. The third kappa shape index (κ3) is 7.31. The number of piperidine rings is 1. The van der Waals surface area contributed by atoms with E-state index in [4.69, 9.17) is 24.1 Å². The van der Waals surface area contributed by atoms with Crippen molar-refractivity contribution in [3.63, 3.8) is 0 Å². The lowest BCUT2D eigenvalue weighted by molar-refractivity contribution is -0.192. The average molecular weight is 463 g/mol.